The molecule has 16 heavy (non-hydrogen) atoms. The van der Waals surface area contributed by atoms with E-state index in [1.165, 1.54) is 0 Å². The third-order valence-electron chi connectivity index (χ3n) is 2.18. The fraction of sp³-hybridized carbons (Fsp3) is 0.500. The molecule has 2 amide bonds. The average molecular weight is 221 g/mol. The van der Waals surface area contributed by atoms with Gasteiger partial charge in [0, 0.05) is 25.5 Å². The molecule has 4 nitrogen and oxygen atoms in total. The molecule has 1 aromatic rings. The molecule has 0 fully saturated rings. The van der Waals surface area contributed by atoms with E-state index in [4.69, 9.17) is 0 Å². The van der Waals surface area contributed by atoms with Gasteiger partial charge < -0.3 is 10.6 Å². The number of carbonyl (C=O) groups is 1. The number of nitrogens with zero attached hydrogens (tertiary/aromatic N) is 1. The van der Waals surface area contributed by atoms with Gasteiger partial charge >= 0.3 is 6.03 Å². The summed E-state index contributed by atoms with van der Waals surface area (Å²) >= 11 is 0. The van der Waals surface area contributed by atoms with E-state index in [1.54, 1.807) is 12.4 Å². The predicted octanol–water partition coefficient (Wildman–Crippen LogP) is 1.93. The first kappa shape index (κ1) is 12.5. The Hall–Kier alpha value is -1.58. The van der Waals surface area contributed by atoms with Gasteiger partial charge in [-0.05, 0) is 24.0 Å². The smallest absolute Gasteiger partial charge is 0.315 e. The summed E-state index contributed by atoms with van der Waals surface area (Å²) in [6.45, 7) is 5.50. The highest BCUT2D eigenvalue weighted by Crippen LogP contribution is 1.96. The average Bonchev–Trinajstić information content (AvgIpc) is 2.27. The standard InChI is InChI=1S/C12H19N3O/c1-10(2)5-7-14-12(16)15-9-11-4-3-6-13-8-11/h3-4,6,8,10H,5,7,9H2,1-2H3,(H2,14,15,16). The van der Waals surface area contributed by atoms with Crippen LogP contribution in [0.2, 0.25) is 0 Å². The van der Waals surface area contributed by atoms with E-state index in [9.17, 15) is 4.79 Å². The van der Waals surface area contributed by atoms with Crippen LogP contribution in [0.5, 0.6) is 0 Å². The zero-order valence-electron chi connectivity index (χ0n) is 9.86. The largest absolute Gasteiger partial charge is 0.338 e. The lowest BCUT2D eigenvalue weighted by molar-refractivity contribution is 0.240. The highest BCUT2D eigenvalue weighted by Gasteiger charge is 2.00. The molecule has 0 atom stereocenters. The SMILES string of the molecule is CC(C)CCNC(=O)NCc1cccnc1. The van der Waals surface area contributed by atoms with Crippen molar-refractivity contribution >= 4 is 6.03 Å². The Morgan fingerprint density at radius 3 is 2.88 bits per heavy atom. The monoisotopic (exact) mass is 221 g/mol. The van der Waals surface area contributed by atoms with Crippen molar-refractivity contribution in [1.29, 1.82) is 0 Å². The molecule has 1 aromatic heterocycles. The second-order valence-corrected chi connectivity index (χ2v) is 4.15. The van der Waals surface area contributed by atoms with Crippen molar-refractivity contribution in [3.05, 3.63) is 30.1 Å². The molecular weight excluding hydrogens is 202 g/mol. The number of aromatic nitrogens is 1. The van der Waals surface area contributed by atoms with Crippen LogP contribution in [0.15, 0.2) is 24.5 Å². The van der Waals surface area contributed by atoms with Crippen molar-refractivity contribution < 1.29 is 4.79 Å². The molecule has 0 spiro atoms. The minimum absolute atomic E-state index is 0.121. The molecular formula is C12H19N3O. The molecule has 0 aliphatic rings. The van der Waals surface area contributed by atoms with Crippen molar-refractivity contribution in [1.82, 2.24) is 15.6 Å². The van der Waals surface area contributed by atoms with E-state index in [0.717, 1.165) is 18.5 Å². The molecule has 1 rings (SSSR count). The van der Waals surface area contributed by atoms with Crippen LogP contribution >= 0.6 is 0 Å². The minimum Gasteiger partial charge on any atom is -0.338 e. The number of rotatable bonds is 5. The van der Waals surface area contributed by atoms with E-state index in [2.05, 4.69) is 29.5 Å². The van der Waals surface area contributed by atoms with Crippen LogP contribution in [0, 0.1) is 5.92 Å². The Morgan fingerprint density at radius 2 is 2.25 bits per heavy atom. The van der Waals surface area contributed by atoms with E-state index >= 15 is 0 Å². The first-order chi connectivity index (χ1) is 7.68. The summed E-state index contributed by atoms with van der Waals surface area (Å²) in [5.41, 5.74) is 1.00. The molecule has 4 heteroatoms. The molecule has 0 aromatic carbocycles. The summed E-state index contributed by atoms with van der Waals surface area (Å²) in [5, 5.41) is 5.60. The Bertz CT molecular complexity index is 311. The molecule has 0 radical (unpaired) electrons. The van der Waals surface area contributed by atoms with Crippen molar-refractivity contribution in [3.63, 3.8) is 0 Å². The van der Waals surface area contributed by atoms with Gasteiger partial charge in [-0.15, -0.1) is 0 Å². The molecule has 0 aliphatic carbocycles. The topological polar surface area (TPSA) is 54.0 Å². The zero-order valence-corrected chi connectivity index (χ0v) is 9.86. The maximum absolute atomic E-state index is 11.4. The van der Waals surface area contributed by atoms with Gasteiger partial charge in [0.25, 0.3) is 0 Å². The second-order valence-electron chi connectivity index (χ2n) is 4.15. The van der Waals surface area contributed by atoms with Gasteiger partial charge in [-0.1, -0.05) is 19.9 Å². The van der Waals surface area contributed by atoms with Crippen LogP contribution in [0.3, 0.4) is 0 Å². The van der Waals surface area contributed by atoms with Gasteiger partial charge in [0.15, 0.2) is 0 Å². The molecule has 1 heterocycles. The third kappa shape index (κ3) is 5.34. The Morgan fingerprint density at radius 1 is 1.44 bits per heavy atom. The predicted molar refractivity (Wildman–Crippen MR) is 63.9 cm³/mol. The quantitative estimate of drug-likeness (QED) is 0.798. The summed E-state index contributed by atoms with van der Waals surface area (Å²) < 4.78 is 0. The molecule has 88 valence electrons. The summed E-state index contributed by atoms with van der Waals surface area (Å²) in [4.78, 5) is 15.3. The van der Waals surface area contributed by atoms with E-state index in [-0.39, 0.29) is 6.03 Å². The molecule has 0 unspecified atom stereocenters. The second kappa shape index (κ2) is 6.82. The van der Waals surface area contributed by atoms with Crippen LogP contribution < -0.4 is 10.6 Å². The first-order valence-electron chi connectivity index (χ1n) is 5.59. The molecule has 0 aliphatic heterocycles. The normalized spacial score (nSPS) is 10.2. The van der Waals surface area contributed by atoms with Crippen LogP contribution in [0.1, 0.15) is 25.8 Å². The lowest BCUT2D eigenvalue weighted by atomic mass is 10.1. The van der Waals surface area contributed by atoms with Gasteiger partial charge in [0.1, 0.15) is 0 Å². The number of hydrogen-bond acceptors (Lipinski definition) is 2. The van der Waals surface area contributed by atoms with Gasteiger partial charge in [0.2, 0.25) is 0 Å². The first-order valence-corrected chi connectivity index (χ1v) is 5.59. The minimum atomic E-state index is -0.121. The van der Waals surface area contributed by atoms with Crippen LogP contribution in [0.25, 0.3) is 0 Å². The lowest BCUT2D eigenvalue weighted by Gasteiger charge is -2.08. The van der Waals surface area contributed by atoms with Gasteiger partial charge in [-0.25, -0.2) is 4.79 Å². The van der Waals surface area contributed by atoms with E-state index in [0.29, 0.717) is 12.5 Å². The lowest BCUT2D eigenvalue weighted by Crippen LogP contribution is -2.35. The van der Waals surface area contributed by atoms with Gasteiger partial charge in [0.05, 0.1) is 0 Å². The number of urea groups is 1. The zero-order chi connectivity index (χ0) is 11.8. The number of hydrogen-bond donors (Lipinski definition) is 2. The maximum Gasteiger partial charge on any atom is 0.315 e. The van der Waals surface area contributed by atoms with Crippen molar-refractivity contribution in [2.75, 3.05) is 6.54 Å². The van der Waals surface area contributed by atoms with Gasteiger partial charge in [-0.3, -0.25) is 4.98 Å². The van der Waals surface area contributed by atoms with Crippen molar-refractivity contribution in [2.24, 2.45) is 5.92 Å². The molecule has 0 saturated heterocycles. The third-order valence-corrected chi connectivity index (χ3v) is 2.18. The number of carbonyl (C=O) groups excluding carboxylic acids is 1. The van der Waals surface area contributed by atoms with E-state index < -0.39 is 0 Å². The summed E-state index contributed by atoms with van der Waals surface area (Å²) in [6.07, 6.45) is 4.46. The van der Waals surface area contributed by atoms with Crippen LogP contribution in [-0.2, 0) is 6.54 Å². The van der Waals surface area contributed by atoms with E-state index in [1.807, 2.05) is 12.1 Å². The Balaban J connectivity index is 2.16. The number of amides is 2. The van der Waals surface area contributed by atoms with Crippen molar-refractivity contribution in [2.45, 2.75) is 26.8 Å². The highest BCUT2D eigenvalue weighted by molar-refractivity contribution is 5.73. The summed E-state index contributed by atoms with van der Waals surface area (Å²) in [5.74, 6) is 0.610. The van der Waals surface area contributed by atoms with Crippen LogP contribution in [-0.4, -0.2) is 17.6 Å². The summed E-state index contributed by atoms with van der Waals surface area (Å²) in [7, 11) is 0. The molecule has 2 N–H and O–H groups in total. The number of pyridine rings is 1. The highest BCUT2D eigenvalue weighted by atomic mass is 16.2. The fourth-order valence-corrected chi connectivity index (χ4v) is 1.22. The Kier molecular flexibility index (Phi) is 5.32. The summed E-state index contributed by atoms with van der Waals surface area (Å²) in [6, 6.07) is 3.67. The Labute approximate surface area is 96.5 Å². The number of nitrogens with one attached hydrogen (secondary N) is 2. The molecule has 0 saturated carbocycles. The molecule has 0 bridgehead atoms. The fourth-order valence-electron chi connectivity index (χ4n) is 1.22. The maximum atomic E-state index is 11.4. The van der Waals surface area contributed by atoms with Crippen LogP contribution in [0.4, 0.5) is 4.79 Å². The van der Waals surface area contributed by atoms with Crippen molar-refractivity contribution in [3.8, 4) is 0 Å². The van der Waals surface area contributed by atoms with Gasteiger partial charge in [-0.2, -0.15) is 0 Å².